The van der Waals surface area contributed by atoms with Crippen LogP contribution in [0.2, 0.25) is 0 Å². The molecular formula is C15H20N2O3. The Bertz CT molecular complexity index is 455. The van der Waals surface area contributed by atoms with Gasteiger partial charge in [0.15, 0.2) is 0 Å². The van der Waals surface area contributed by atoms with Crippen molar-refractivity contribution in [1.82, 2.24) is 10.6 Å². The number of hydrogen-bond acceptors (Lipinski definition) is 3. The molecule has 3 N–H and O–H groups in total. The molecule has 1 saturated heterocycles. The maximum absolute atomic E-state index is 12.1. The number of carbonyl (C=O) groups excluding carboxylic acids is 1. The minimum absolute atomic E-state index is 0.124. The lowest BCUT2D eigenvalue weighted by molar-refractivity contribution is -0.142. The Hall–Kier alpha value is -1.88. The molecule has 1 aromatic rings. The van der Waals surface area contributed by atoms with Gasteiger partial charge in [0.2, 0.25) is 5.91 Å². The number of hydrogen-bond donors (Lipinski definition) is 3. The molecular weight excluding hydrogens is 256 g/mol. The summed E-state index contributed by atoms with van der Waals surface area (Å²) in [5, 5.41) is 15.1. The molecule has 1 aliphatic rings. The molecule has 1 unspecified atom stereocenters. The Labute approximate surface area is 118 Å². The summed E-state index contributed by atoms with van der Waals surface area (Å²) in [6.45, 7) is 1.56. The third-order valence-electron chi connectivity index (χ3n) is 3.56. The predicted octanol–water partition coefficient (Wildman–Crippen LogP) is 0.798. The van der Waals surface area contributed by atoms with E-state index in [2.05, 4.69) is 10.6 Å². The van der Waals surface area contributed by atoms with Gasteiger partial charge in [-0.05, 0) is 24.9 Å². The van der Waals surface area contributed by atoms with Gasteiger partial charge in [0.1, 0.15) is 6.04 Å². The molecule has 0 saturated carbocycles. The smallest absolute Gasteiger partial charge is 0.326 e. The lowest BCUT2D eigenvalue weighted by atomic mass is 9.97. The van der Waals surface area contributed by atoms with Gasteiger partial charge in [-0.15, -0.1) is 0 Å². The largest absolute Gasteiger partial charge is 0.480 e. The molecule has 0 radical (unpaired) electrons. The highest BCUT2D eigenvalue weighted by Crippen LogP contribution is 2.11. The maximum atomic E-state index is 12.1. The number of carbonyl (C=O) groups is 2. The Morgan fingerprint density at radius 3 is 2.70 bits per heavy atom. The first-order valence-corrected chi connectivity index (χ1v) is 6.94. The number of nitrogens with one attached hydrogen (secondary N) is 2. The van der Waals surface area contributed by atoms with Crippen LogP contribution in [0, 0.1) is 5.92 Å². The van der Waals surface area contributed by atoms with Gasteiger partial charge in [0, 0.05) is 13.0 Å². The monoisotopic (exact) mass is 276 g/mol. The predicted molar refractivity (Wildman–Crippen MR) is 75.3 cm³/mol. The Morgan fingerprint density at radius 2 is 2.10 bits per heavy atom. The summed E-state index contributed by atoms with van der Waals surface area (Å²) >= 11 is 0. The number of benzene rings is 1. The minimum atomic E-state index is -0.994. The highest BCUT2D eigenvalue weighted by Gasteiger charge is 2.26. The molecule has 0 bridgehead atoms. The van der Waals surface area contributed by atoms with E-state index in [1.54, 1.807) is 0 Å². The fraction of sp³-hybridized carbons (Fsp3) is 0.467. The molecule has 1 aromatic carbocycles. The van der Waals surface area contributed by atoms with Crippen molar-refractivity contribution in [2.75, 3.05) is 13.1 Å². The number of amides is 1. The normalized spacial score (nSPS) is 20.1. The van der Waals surface area contributed by atoms with E-state index < -0.39 is 12.0 Å². The van der Waals surface area contributed by atoms with Crippen molar-refractivity contribution >= 4 is 11.9 Å². The van der Waals surface area contributed by atoms with Crippen LogP contribution in [0.15, 0.2) is 30.3 Å². The molecule has 20 heavy (non-hydrogen) atoms. The summed E-state index contributed by atoms with van der Waals surface area (Å²) in [4.78, 5) is 23.4. The van der Waals surface area contributed by atoms with Crippen LogP contribution in [-0.2, 0) is 16.0 Å². The second-order valence-corrected chi connectivity index (χ2v) is 5.13. The van der Waals surface area contributed by atoms with Crippen molar-refractivity contribution in [3.05, 3.63) is 35.9 Å². The van der Waals surface area contributed by atoms with Crippen LogP contribution in [0.1, 0.15) is 18.4 Å². The van der Waals surface area contributed by atoms with Crippen LogP contribution in [0.5, 0.6) is 0 Å². The van der Waals surface area contributed by atoms with Crippen LogP contribution in [0.3, 0.4) is 0 Å². The molecule has 108 valence electrons. The maximum Gasteiger partial charge on any atom is 0.326 e. The number of piperidine rings is 1. The van der Waals surface area contributed by atoms with Crippen molar-refractivity contribution in [1.29, 1.82) is 0 Å². The Morgan fingerprint density at radius 1 is 1.35 bits per heavy atom. The van der Waals surface area contributed by atoms with Gasteiger partial charge >= 0.3 is 5.97 Å². The number of aliphatic carboxylic acids is 1. The fourth-order valence-electron chi connectivity index (χ4n) is 2.42. The topological polar surface area (TPSA) is 78.4 Å². The van der Waals surface area contributed by atoms with E-state index in [4.69, 9.17) is 0 Å². The highest BCUT2D eigenvalue weighted by molar-refractivity contribution is 5.85. The summed E-state index contributed by atoms with van der Waals surface area (Å²) in [5.74, 6) is -1.28. The van der Waals surface area contributed by atoms with Crippen molar-refractivity contribution in [3.63, 3.8) is 0 Å². The Balaban J connectivity index is 1.95. The van der Waals surface area contributed by atoms with Crippen LogP contribution >= 0.6 is 0 Å². The first-order valence-electron chi connectivity index (χ1n) is 6.94. The fourth-order valence-corrected chi connectivity index (χ4v) is 2.42. The van der Waals surface area contributed by atoms with E-state index in [-0.39, 0.29) is 11.8 Å². The summed E-state index contributed by atoms with van der Waals surface area (Å²) < 4.78 is 0. The van der Waals surface area contributed by atoms with Crippen molar-refractivity contribution in [3.8, 4) is 0 Å². The van der Waals surface area contributed by atoms with Gasteiger partial charge in [0.25, 0.3) is 0 Å². The lowest BCUT2D eigenvalue weighted by Crippen LogP contribution is -2.48. The summed E-state index contributed by atoms with van der Waals surface area (Å²) in [6, 6.07) is 8.47. The first kappa shape index (κ1) is 14.5. The second-order valence-electron chi connectivity index (χ2n) is 5.13. The van der Waals surface area contributed by atoms with Gasteiger partial charge in [-0.3, -0.25) is 4.79 Å². The average molecular weight is 276 g/mol. The van der Waals surface area contributed by atoms with E-state index >= 15 is 0 Å². The average Bonchev–Trinajstić information content (AvgIpc) is 2.48. The van der Waals surface area contributed by atoms with Crippen LogP contribution in [-0.4, -0.2) is 36.1 Å². The van der Waals surface area contributed by atoms with E-state index in [9.17, 15) is 14.7 Å². The van der Waals surface area contributed by atoms with Crippen LogP contribution in [0.4, 0.5) is 0 Å². The second kappa shape index (κ2) is 7.05. The van der Waals surface area contributed by atoms with Gasteiger partial charge in [-0.25, -0.2) is 4.79 Å². The molecule has 0 aromatic heterocycles. The molecule has 2 atom stereocenters. The molecule has 1 amide bonds. The van der Waals surface area contributed by atoms with Crippen LogP contribution in [0.25, 0.3) is 0 Å². The van der Waals surface area contributed by atoms with E-state index in [1.807, 2.05) is 30.3 Å². The zero-order valence-corrected chi connectivity index (χ0v) is 11.3. The minimum Gasteiger partial charge on any atom is -0.480 e. The van der Waals surface area contributed by atoms with Gasteiger partial charge in [0.05, 0.1) is 5.92 Å². The third kappa shape index (κ3) is 4.06. The quantitative estimate of drug-likeness (QED) is 0.743. The highest BCUT2D eigenvalue weighted by atomic mass is 16.4. The van der Waals surface area contributed by atoms with Crippen LogP contribution < -0.4 is 10.6 Å². The van der Waals surface area contributed by atoms with Crippen molar-refractivity contribution < 1.29 is 14.7 Å². The third-order valence-corrected chi connectivity index (χ3v) is 3.56. The van der Waals surface area contributed by atoms with E-state index in [0.717, 1.165) is 24.9 Å². The van der Waals surface area contributed by atoms with Gasteiger partial charge in [-0.1, -0.05) is 30.3 Å². The Kier molecular flexibility index (Phi) is 5.12. The molecule has 1 fully saturated rings. The SMILES string of the molecule is O=C(O)C(Cc1ccccc1)NC(=O)[C@@H]1CCCNC1. The number of carboxylic acids is 1. The molecule has 5 nitrogen and oxygen atoms in total. The summed E-state index contributed by atoms with van der Waals surface area (Å²) in [5.41, 5.74) is 0.905. The van der Waals surface area contributed by atoms with Crippen molar-refractivity contribution in [2.24, 2.45) is 5.92 Å². The summed E-state index contributed by atoms with van der Waals surface area (Å²) in [7, 11) is 0. The molecule has 1 aliphatic heterocycles. The first-order chi connectivity index (χ1) is 9.66. The summed E-state index contributed by atoms with van der Waals surface area (Å²) in [6.07, 6.45) is 2.08. The molecule has 2 rings (SSSR count). The van der Waals surface area contributed by atoms with E-state index in [0.29, 0.717) is 13.0 Å². The number of carboxylic acid groups (broad SMARTS) is 1. The molecule has 0 spiro atoms. The van der Waals surface area contributed by atoms with Gasteiger partial charge < -0.3 is 15.7 Å². The zero-order valence-electron chi connectivity index (χ0n) is 11.3. The molecule has 1 heterocycles. The lowest BCUT2D eigenvalue weighted by Gasteiger charge is -2.24. The van der Waals surface area contributed by atoms with Gasteiger partial charge in [-0.2, -0.15) is 0 Å². The van der Waals surface area contributed by atoms with Crippen molar-refractivity contribution in [2.45, 2.75) is 25.3 Å². The standard InChI is InChI=1S/C15H20N2O3/c18-14(12-7-4-8-16-10-12)17-13(15(19)20)9-11-5-2-1-3-6-11/h1-3,5-6,12-13,16H,4,7-10H2,(H,17,18)(H,19,20)/t12-,13?/m1/s1. The molecule has 5 heteroatoms. The zero-order chi connectivity index (χ0) is 14.4. The number of rotatable bonds is 5. The molecule has 0 aliphatic carbocycles. The van der Waals surface area contributed by atoms with E-state index in [1.165, 1.54) is 0 Å².